The largest absolute Gasteiger partial charge is 0.316 e. The zero-order valence-electron chi connectivity index (χ0n) is 12.8. The highest BCUT2D eigenvalue weighted by molar-refractivity contribution is 4.88. The molecule has 1 aliphatic carbocycles. The summed E-state index contributed by atoms with van der Waals surface area (Å²) >= 11 is 0. The van der Waals surface area contributed by atoms with E-state index in [1.165, 1.54) is 51.7 Å². The Balaban J connectivity index is 1.85. The second kappa shape index (κ2) is 5.92. The van der Waals surface area contributed by atoms with Crippen LogP contribution in [0.4, 0.5) is 0 Å². The first kappa shape index (κ1) is 14.3. The third-order valence-corrected chi connectivity index (χ3v) is 4.93. The molecule has 106 valence electrons. The van der Waals surface area contributed by atoms with E-state index in [-0.39, 0.29) is 0 Å². The zero-order chi connectivity index (χ0) is 13.2. The maximum atomic E-state index is 3.54. The van der Waals surface area contributed by atoms with E-state index in [4.69, 9.17) is 0 Å². The maximum absolute atomic E-state index is 3.54. The molecule has 18 heavy (non-hydrogen) atoms. The van der Waals surface area contributed by atoms with Gasteiger partial charge < -0.3 is 10.2 Å². The minimum Gasteiger partial charge on any atom is -0.316 e. The molecule has 2 fully saturated rings. The summed E-state index contributed by atoms with van der Waals surface area (Å²) in [6.07, 6.45) is 6.98. The molecule has 0 amide bonds. The predicted octanol–water partition coefficient (Wildman–Crippen LogP) is 3.13. The van der Waals surface area contributed by atoms with Crippen molar-refractivity contribution < 1.29 is 0 Å². The first-order chi connectivity index (χ1) is 8.46. The van der Waals surface area contributed by atoms with E-state index in [0.717, 1.165) is 17.9 Å². The van der Waals surface area contributed by atoms with Gasteiger partial charge in [0.25, 0.3) is 0 Å². The summed E-state index contributed by atoms with van der Waals surface area (Å²) in [5.74, 6) is 1.77. The molecule has 3 atom stereocenters. The molecule has 2 rings (SSSR count). The molecule has 2 heteroatoms. The monoisotopic (exact) mass is 252 g/mol. The highest BCUT2D eigenvalue weighted by atomic mass is 15.1. The molecule has 3 unspecified atom stereocenters. The highest BCUT2D eigenvalue weighted by Gasteiger charge is 2.34. The fraction of sp³-hybridized carbons (Fsp3) is 1.00. The van der Waals surface area contributed by atoms with E-state index < -0.39 is 0 Å². The molecule has 1 N–H and O–H groups in total. The van der Waals surface area contributed by atoms with Crippen LogP contribution in [0.3, 0.4) is 0 Å². The van der Waals surface area contributed by atoms with Crippen LogP contribution in [0.2, 0.25) is 0 Å². The molecule has 0 radical (unpaired) electrons. The molecule has 0 aromatic carbocycles. The molecule has 1 aliphatic heterocycles. The lowest BCUT2D eigenvalue weighted by molar-refractivity contribution is 0.0707. The summed E-state index contributed by atoms with van der Waals surface area (Å²) in [7, 11) is 2.35. The molecular weight excluding hydrogens is 220 g/mol. The van der Waals surface area contributed by atoms with Gasteiger partial charge in [-0.2, -0.15) is 0 Å². The average molecular weight is 252 g/mol. The van der Waals surface area contributed by atoms with Crippen molar-refractivity contribution in [2.45, 2.75) is 58.9 Å². The van der Waals surface area contributed by atoms with Crippen LogP contribution in [0, 0.1) is 17.3 Å². The van der Waals surface area contributed by atoms with Crippen molar-refractivity contribution in [3.05, 3.63) is 0 Å². The quantitative estimate of drug-likeness (QED) is 0.830. The van der Waals surface area contributed by atoms with Crippen molar-refractivity contribution in [1.82, 2.24) is 10.2 Å². The van der Waals surface area contributed by atoms with E-state index in [1.807, 2.05) is 0 Å². The minimum absolute atomic E-state index is 0.543. The second-order valence-corrected chi connectivity index (χ2v) is 7.72. The van der Waals surface area contributed by atoms with Gasteiger partial charge in [0.15, 0.2) is 0 Å². The van der Waals surface area contributed by atoms with Gasteiger partial charge in [-0.3, -0.25) is 0 Å². The number of hydrogen-bond acceptors (Lipinski definition) is 2. The molecule has 1 saturated heterocycles. The number of hydrogen-bond donors (Lipinski definition) is 1. The molecule has 1 heterocycles. The maximum Gasteiger partial charge on any atom is 0.00999 e. The lowest BCUT2D eigenvalue weighted by Gasteiger charge is -2.44. The first-order valence-electron chi connectivity index (χ1n) is 7.87. The Morgan fingerprint density at radius 3 is 2.67 bits per heavy atom. The molecule has 0 spiro atoms. The van der Waals surface area contributed by atoms with Crippen molar-refractivity contribution in [3.8, 4) is 0 Å². The predicted molar refractivity (Wildman–Crippen MR) is 78.8 cm³/mol. The van der Waals surface area contributed by atoms with E-state index in [0.29, 0.717) is 5.41 Å². The molecule has 0 aromatic heterocycles. The van der Waals surface area contributed by atoms with Gasteiger partial charge in [-0.25, -0.2) is 0 Å². The van der Waals surface area contributed by atoms with Crippen molar-refractivity contribution in [1.29, 1.82) is 0 Å². The lowest BCUT2D eigenvalue weighted by atomic mass is 9.70. The fourth-order valence-electron chi connectivity index (χ4n) is 4.27. The minimum atomic E-state index is 0.543. The van der Waals surface area contributed by atoms with Crippen molar-refractivity contribution in [2.24, 2.45) is 17.3 Å². The number of nitrogens with one attached hydrogen (secondary N) is 1. The summed E-state index contributed by atoms with van der Waals surface area (Å²) in [4.78, 5) is 2.66. The molecule has 0 bridgehead atoms. The zero-order valence-corrected chi connectivity index (χ0v) is 12.8. The Labute approximate surface area is 114 Å². The summed E-state index contributed by atoms with van der Waals surface area (Å²) in [5, 5.41) is 3.54. The van der Waals surface area contributed by atoms with Gasteiger partial charge in [0, 0.05) is 12.6 Å². The van der Waals surface area contributed by atoms with Crippen molar-refractivity contribution in [3.63, 3.8) is 0 Å². The van der Waals surface area contributed by atoms with Crippen LogP contribution < -0.4 is 5.32 Å². The SMILES string of the molecule is CC1CC(N(C)CC2CCCNC2)CC(C)(C)C1. The Hall–Kier alpha value is -0.0800. The van der Waals surface area contributed by atoms with Crippen LogP contribution in [0.5, 0.6) is 0 Å². The van der Waals surface area contributed by atoms with E-state index in [1.54, 1.807) is 0 Å². The normalized spacial score (nSPS) is 36.8. The Kier molecular flexibility index (Phi) is 4.71. The van der Waals surface area contributed by atoms with Crippen LogP contribution in [0.15, 0.2) is 0 Å². The van der Waals surface area contributed by atoms with Gasteiger partial charge in [0.05, 0.1) is 0 Å². The van der Waals surface area contributed by atoms with Crippen LogP contribution in [-0.4, -0.2) is 37.6 Å². The second-order valence-electron chi connectivity index (χ2n) is 7.72. The Morgan fingerprint density at radius 2 is 2.06 bits per heavy atom. The lowest BCUT2D eigenvalue weighted by Crippen LogP contribution is -2.45. The Morgan fingerprint density at radius 1 is 1.28 bits per heavy atom. The summed E-state index contributed by atoms with van der Waals surface area (Å²) in [6.45, 7) is 11.1. The number of piperidine rings is 1. The molecule has 1 saturated carbocycles. The average Bonchev–Trinajstić information content (AvgIpc) is 2.27. The molecule has 2 aliphatic rings. The van der Waals surface area contributed by atoms with Gasteiger partial charge in [-0.15, -0.1) is 0 Å². The number of rotatable bonds is 3. The van der Waals surface area contributed by atoms with Crippen LogP contribution in [0.1, 0.15) is 52.9 Å². The summed E-state index contributed by atoms with van der Waals surface area (Å²) in [6, 6.07) is 0.811. The van der Waals surface area contributed by atoms with Gasteiger partial charge in [-0.1, -0.05) is 20.8 Å². The first-order valence-corrected chi connectivity index (χ1v) is 7.87. The van der Waals surface area contributed by atoms with Gasteiger partial charge in [0.2, 0.25) is 0 Å². The topological polar surface area (TPSA) is 15.3 Å². The summed E-state index contributed by atoms with van der Waals surface area (Å²) in [5.41, 5.74) is 0.543. The smallest absolute Gasteiger partial charge is 0.00999 e. The summed E-state index contributed by atoms with van der Waals surface area (Å²) < 4.78 is 0. The third kappa shape index (κ3) is 3.96. The highest BCUT2D eigenvalue weighted by Crippen LogP contribution is 2.40. The fourth-order valence-corrected chi connectivity index (χ4v) is 4.27. The van der Waals surface area contributed by atoms with E-state index in [2.05, 4.69) is 38.0 Å². The van der Waals surface area contributed by atoms with E-state index >= 15 is 0 Å². The molecular formula is C16H32N2. The number of nitrogens with zero attached hydrogens (tertiary/aromatic N) is 1. The van der Waals surface area contributed by atoms with Crippen molar-refractivity contribution >= 4 is 0 Å². The van der Waals surface area contributed by atoms with Gasteiger partial charge >= 0.3 is 0 Å². The van der Waals surface area contributed by atoms with Crippen LogP contribution in [-0.2, 0) is 0 Å². The standard InChI is InChI=1S/C16H32N2/c1-13-8-15(10-16(2,3)9-13)18(4)12-14-6-5-7-17-11-14/h13-15,17H,5-12H2,1-4H3. The van der Waals surface area contributed by atoms with E-state index in [9.17, 15) is 0 Å². The van der Waals surface area contributed by atoms with Crippen LogP contribution >= 0.6 is 0 Å². The van der Waals surface area contributed by atoms with Gasteiger partial charge in [0.1, 0.15) is 0 Å². The third-order valence-electron chi connectivity index (χ3n) is 4.93. The Bertz CT molecular complexity index is 256. The van der Waals surface area contributed by atoms with Gasteiger partial charge in [-0.05, 0) is 69.5 Å². The van der Waals surface area contributed by atoms with Crippen LogP contribution in [0.25, 0.3) is 0 Å². The molecule has 0 aromatic rings. The van der Waals surface area contributed by atoms with Crippen molar-refractivity contribution in [2.75, 3.05) is 26.7 Å². The molecule has 2 nitrogen and oxygen atoms in total.